The number of rotatable bonds is 6. The molecule has 0 aliphatic heterocycles. The van der Waals surface area contributed by atoms with Crippen molar-refractivity contribution in [3.63, 3.8) is 0 Å². The largest absolute Gasteiger partial charge is 0.329 e. The Labute approximate surface area is 119 Å². The van der Waals surface area contributed by atoms with Gasteiger partial charge >= 0.3 is 0 Å². The van der Waals surface area contributed by atoms with Gasteiger partial charge in [0.2, 0.25) is 0 Å². The fourth-order valence-electron chi connectivity index (χ4n) is 4.45. The van der Waals surface area contributed by atoms with Crippen LogP contribution >= 0.6 is 0 Å². The first-order chi connectivity index (χ1) is 9.14. The van der Waals surface area contributed by atoms with Gasteiger partial charge in [-0.15, -0.1) is 0 Å². The maximum atomic E-state index is 6.31. The summed E-state index contributed by atoms with van der Waals surface area (Å²) in [4.78, 5) is 2.80. The topological polar surface area (TPSA) is 29.3 Å². The Bertz CT molecular complexity index is 306. The molecule has 0 bridgehead atoms. The predicted octanol–water partition coefficient (Wildman–Crippen LogP) is 3.40. The summed E-state index contributed by atoms with van der Waals surface area (Å²) in [5.74, 6) is 3.02. The van der Waals surface area contributed by atoms with Gasteiger partial charge in [0.25, 0.3) is 0 Å². The SMILES string of the molecule is CC(C)N(CC1CC1)C1(CN)CCCC(C2CC2)C1. The van der Waals surface area contributed by atoms with Crippen LogP contribution in [-0.2, 0) is 0 Å². The summed E-state index contributed by atoms with van der Waals surface area (Å²) in [5.41, 5.74) is 6.65. The molecule has 0 aromatic heterocycles. The van der Waals surface area contributed by atoms with E-state index in [1.807, 2.05) is 0 Å². The normalized spacial score (nSPS) is 36.2. The first-order valence-corrected chi connectivity index (χ1v) is 8.61. The first-order valence-electron chi connectivity index (χ1n) is 8.61. The molecule has 3 aliphatic carbocycles. The van der Waals surface area contributed by atoms with Crippen molar-refractivity contribution in [2.75, 3.05) is 13.1 Å². The molecule has 19 heavy (non-hydrogen) atoms. The fourth-order valence-corrected chi connectivity index (χ4v) is 4.45. The molecule has 3 fully saturated rings. The summed E-state index contributed by atoms with van der Waals surface area (Å²) in [6.45, 7) is 6.94. The quantitative estimate of drug-likeness (QED) is 0.796. The Morgan fingerprint density at radius 1 is 1.11 bits per heavy atom. The lowest BCUT2D eigenvalue weighted by Gasteiger charge is -2.50. The van der Waals surface area contributed by atoms with Gasteiger partial charge in [0.1, 0.15) is 0 Å². The Morgan fingerprint density at radius 3 is 2.37 bits per heavy atom. The second-order valence-corrected chi connectivity index (χ2v) is 7.81. The minimum Gasteiger partial charge on any atom is -0.329 e. The summed E-state index contributed by atoms with van der Waals surface area (Å²) in [5, 5.41) is 0. The van der Waals surface area contributed by atoms with E-state index in [0.29, 0.717) is 11.6 Å². The molecular weight excluding hydrogens is 232 g/mol. The van der Waals surface area contributed by atoms with E-state index in [-0.39, 0.29) is 0 Å². The number of hydrogen-bond donors (Lipinski definition) is 1. The molecule has 2 unspecified atom stereocenters. The van der Waals surface area contributed by atoms with E-state index < -0.39 is 0 Å². The number of nitrogens with zero attached hydrogens (tertiary/aromatic N) is 1. The molecule has 0 spiro atoms. The van der Waals surface area contributed by atoms with Crippen LogP contribution in [0.1, 0.15) is 65.2 Å². The molecule has 0 radical (unpaired) electrons. The van der Waals surface area contributed by atoms with Crippen molar-refractivity contribution in [2.24, 2.45) is 23.5 Å². The summed E-state index contributed by atoms with van der Waals surface area (Å²) >= 11 is 0. The molecular formula is C17H32N2. The Kier molecular flexibility index (Phi) is 3.92. The van der Waals surface area contributed by atoms with Gasteiger partial charge in [-0.2, -0.15) is 0 Å². The average molecular weight is 264 g/mol. The highest BCUT2D eigenvalue weighted by Crippen LogP contribution is 2.49. The molecule has 0 amide bonds. The smallest absolute Gasteiger partial charge is 0.0337 e. The van der Waals surface area contributed by atoms with E-state index in [9.17, 15) is 0 Å². The summed E-state index contributed by atoms with van der Waals surface area (Å²) < 4.78 is 0. The van der Waals surface area contributed by atoms with Gasteiger partial charge in [0, 0.05) is 24.7 Å². The molecule has 2 N–H and O–H groups in total. The Balaban J connectivity index is 1.73. The molecule has 110 valence electrons. The van der Waals surface area contributed by atoms with Gasteiger partial charge in [0.05, 0.1) is 0 Å². The van der Waals surface area contributed by atoms with Crippen molar-refractivity contribution >= 4 is 0 Å². The molecule has 3 saturated carbocycles. The van der Waals surface area contributed by atoms with Crippen LogP contribution in [0.2, 0.25) is 0 Å². The van der Waals surface area contributed by atoms with Crippen molar-refractivity contribution < 1.29 is 0 Å². The zero-order valence-electron chi connectivity index (χ0n) is 12.9. The van der Waals surface area contributed by atoms with Crippen LogP contribution in [0, 0.1) is 17.8 Å². The molecule has 2 nitrogen and oxygen atoms in total. The molecule has 0 aromatic carbocycles. The monoisotopic (exact) mass is 264 g/mol. The maximum absolute atomic E-state index is 6.31. The van der Waals surface area contributed by atoms with E-state index >= 15 is 0 Å². The predicted molar refractivity (Wildman–Crippen MR) is 81.0 cm³/mol. The van der Waals surface area contributed by atoms with Crippen LogP contribution in [-0.4, -0.2) is 29.6 Å². The van der Waals surface area contributed by atoms with Crippen molar-refractivity contribution in [2.45, 2.75) is 76.8 Å². The summed E-state index contributed by atoms with van der Waals surface area (Å²) in [6.07, 6.45) is 11.5. The van der Waals surface area contributed by atoms with Crippen LogP contribution in [0.5, 0.6) is 0 Å². The van der Waals surface area contributed by atoms with Gasteiger partial charge in [-0.05, 0) is 70.1 Å². The minimum atomic E-state index is 0.336. The van der Waals surface area contributed by atoms with Crippen LogP contribution in [0.25, 0.3) is 0 Å². The number of nitrogens with two attached hydrogens (primary N) is 1. The molecule has 3 rings (SSSR count). The fraction of sp³-hybridized carbons (Fsp3) is 1.00. The maximum Gasteiger partial charge on any atom is 0.0337 e. The van der Waals surface area contributed by atoms with Gasteiger partial charge in [-0.1, -0.05) is 12.8 Å². The van der Waals surface area contributed by atoms with Crippen molar-refractivity contribution in [3.05, 3.63) is 0 Å². The van der Waals surface area contributed by atoms with E-state index in [4.69, 9.17) is 5.73 Å². The molecule has 2 atom stereocenters. The Morgan fingerprint density at radius 2 is 1.84 bits per heavy atom. The standard InChI is InChI=1S/C17H32N2/c1-13(2)19(11-14-5-6-14)17(12-18)9-3-4-16(10-17)15-7-8-15/h13-16H,3-12,18H2,1-2H3. The number of hydrogen-bond acceptors (Lipinski definition) is 2. The van der Waals surface area contributed by atoms with Crippen LogP contribution < -0.4 is 5.73 Å². The van der Waals surface area contributed by atoms with E-state index in [0.717, 1.165) is 24.3 Å². The van der Waals surface area contributed by atoms with Gasteiger partial charge < -0.3 is 5.73 Å². The van der Waals surface area contributed by atoms with Crippen LogP contribution in [0.15, 0.2) is 0 Å². The summed E-state index contributed by atoms with van der Waals surface area (Å²) in [7, 11) is 0. The highest BCUT2D eigenvalue weighted by atomic mass is 15.2. The third kappa shape index (κ3) is 3.00. The average Bonchev–Trinajstić information content (AvgIpc) is 3.29. The van der Waals surface area contributed by atoms with Crippen LogP contribution in [0.4, 0.5) is 0 Å². The van der Waals surface area contributed by atoms with Crippen LogP contribution in [0.3, 0.4) is 0 Å². The van der Waals surface area contributed by atoms with Crippen molar-refractivity contribution in [3.8, 4) is 0 Å². The Hall–Kier alpha value is -0.0800. The molecule has 0 aromatic rings. The zero-order valence-corrected chi connectivity index (χ0v) is 12.9. The van der Waals surface area contributed by atoms with E-state index in [1.165, 1.54) is 57.9 Å². The van der Waals surface area contributed by atoms with Gasteiger partial charge in [-0.25, -0.2) is 0 Å². The lowest BCUT2D eigenvalue weighted by molar-refractivity contribution is 0.00449. The minimum absolute atomic E-state index is 0.336. The highest BCUT2D eigenvalue weighted by molar-refractivity contribution is 5.01. The molecule has 0 saturated heterocycles. The summed E-state index contributed by atoms with van der Waals surface area (Å²) in [6, 6.07) is 0.655. The molecule has 0 heterocycles. The molecule has 2 heteroatoms. The lowest BCUT2D eigenvalue weighted by atomic mass is 9.72. The van der Waals surface area contributed by atoms with Crippen molar-refractivity contribution in [1.29, 1.82) is 0 Å². The second kappa shape index (κ2) is 5.37. The van der Waals surface area contributed by atoms with Gasteiger partial charge in [-0.3, -0.25) is 4.90 Å². The third-order valence-electron chi connectivity index (χ3n) is 5.91. The molecule has 3 aliphatic rings. The highest BCUT2D eigenvalue weighted by Gasteiger charge is 2.46. The van der Waals surface area contributed by atoms with E-state index in [2.05, 4.69) is 18.7 Å². The first kappa shape index (κ1) is 13.9. The van der Waals surface area contributed by atoms with E-state index in [1.54, 1.807) is 0 Å². The second-order valence-electron chi connectivity index (χ2n) is 7.81. The lowest BCUT2D eigenvalue weighted by Crippen LogP contribution is -2.59. The third-order valence-corrected chi connectivity index (χ3v) is 5.91. The van der Waals surface area contributed by atoms with Gasteiger partial charge in [0.15, 0.2) is 0 Å². The zero-order chi connectivity index (χ0) is 13.5. The van der Waals surface area contributed by atoms with Crippen molar-refractivity contribution in [1.82, 2.24) is 4.90 Å².